The van der Waals surface area contributed by atoms with E-state index in [2.05, 4.69) is 25.6 Å². The van der Waals surface area contributed by atoms with Gasteiger partial charge in [-0.25, -0.2) is 4.98 Å². The van der Waals surface area contributed by atoms with Gasteiger partial charge in [0.1, 0.15) is 5.82 Å². The Hall–Kier alpha value is -3.18. The van der Waals surface area contributed by atoms with Gasteiger partial charge >= 0.3 is 0 Å². The molecule has 4 rings (SSSR count). The average Bonchev–Trinajstić information content (AvgIpc) is 2.69. The van der Waals surface area contributed by atoms with Gasteiger partial charge in [-0.15, -0.1) is 0 Å². The monoisotopic (exact) mass is 389 g/mol. The molecule has 0 spiro atoms. The SMILES string of the molecule is Cc1cc(Nc2cccc3cccnc23)nc(NCCc2ccc(Cl)cc2)n1. The van der Waals surface area contributed by atoms with E-state index in [1.54, 1.807) is 6.20 Å². The van der Waals surface area contributed by atoms with E-state index in [0.717, 1.165) is 46.1 Å². The molecule has 0 radical (unpaired) electrons. The van der Waals surface area contributed by atoms with Crippen molar-refractivity contribution in [2.45, 2.75) is 13.3 Å². The Morgan fingerprint density at radius 3 is 2.64 bits per heavy atom. The molecule has 28 heavy (non-hydrogen) atoms. The average molecular weight is 390 g/mol. The van der Waals surface area contributed by atoms with Crippen molar-refractivity contribution in [2.75, 3.05) is 17.2 Å². The lowest BCUT2D eigenvalue weighted by molar-refractivity contribution is 0.976. The first kappa shape index (κ1) is 18.2. The van der Waals surface area contributed by atoms with Crippen LogP contribution in [0, 0.1) is 6.92 Å². The number of nitrogens with zero attached hydrogens (tertiary/aromatic N) is 3. The number of rotatable bonds is 6. The van der Waals surface area contributed by atoms with Gasteiger partial charge in [0.2, 0.25) is 5.95 Å². The van der Waals surface area contributed by atoms with Crippen molar-refractivity contribution in [2.24, 2.45) is 0 Å². The van der Waals surface area contributed by atoms with Gasteiger partial charge in [-0.1, -0.05) is 41.9 Å². The van der Waals surface area contributed by atoms with Crippen LogP contribution < -0.4 is 10.6 Å². The first-order valence-electron chi connectivity index (χ1n) is 9.12. The summed E-state index contributed by atoms with van der Waals surface area (Å²) < 4.78 is 0. The molecule has 0 amide bonds. The fourth-order valence-electron chi connectivity index (χ4n) is 3.02. The Morgan fingerprint density at radius 1 is 0.964 bits per heavy atom. The van der Waals surface area contributed by atoms with Crippen molar-refractivity contribution in [3.63, 3.8) is 0 Å². The predicted octanol–water partition coefficient (Wildman–Crippen LogP) is 5.38. The fraction of sp³-hybridized carbons (Fsp3) is 0.136. The predicted molar refractivity (Wildman–Crippen MR) is 115 cm³/mol. The van der Waals surface area contributed by atoms with Gasteiger partial charge in [0.05, 0.1) is 11.2 Å². The first-order chi connectivity index (χ1) is 13.7. The van der Waals surface area contributed by atoms with E-state index in [4.69, 9.17) is 11.6 Å². The molecule has 2 aromatic carbocycles. The summed E-state index contributed by atoms with van der Waals surface area (Å²) in [6, 6.07) is 19.8. The van der Waals surface area contributed by atoms with Crippen molar-refractivity contribution in [3.05, 3.63) is 83.1 Å². The highest BCUT2D eigenvalue weighted by Gasteiger charge is 2.06. The zero-order chi connectivity index (χ0) is 19.3. The maximum absolute atomic E-state index is 5.93. The first-order valence-corrected chi connectivity index (χ1v) is 9.50. The van der Waals surface area contributed by atoms with Crippen LogP contribution in [0.1, 0.15) is 11.3 Å². The molecule has 0 aliphatic carbocycles. The van der Waals surface area contributed by atoms with Crippen LogP contribution in [0.2, 0.25) is 5.02 Å². The summed E-state index contributed by atoms with van der Waals surface area (Å²) in [6.07, 6.45) is 2.66. The molecule has 2 aromatic heterocycles. The van der Waals surface area contributed by atoms with Gasteiger partial charge in [-0.2, -0.15) is 4.98 Å². The van der Waals surface area contributed by atoms with Gasteiger partial charge in [0, 0.05) is 34.9 Å². The van der Waals surface area contributed by atoms with E-state index < -0.39 is 0 Å². The van der Waals surface area contributed by atoms with E-state index in [0.29, 0.717) is 5.95 Å². The summed E-state index contributed by atoms with van der Waals surface area (Å²) in [5, 5.41) is 8.51. The molecule has 140 valence electrons. The Kier molecular flexibility index (Phi) is 5.35. The summed E-state index contributed by atoms with van der Waals surface area (Å²) in [5.41, 5.74) is 3.94. The van der Waals surface area contributed by atoms with E-state index in [-0.39, 0.29) is 0 Å². The molecule has 0 saturated heterocycles. The van der Waals surface area contributed by atoms with Gasteiger partial charge in [0.25, 0.3) is 0 Å². The molecule has 6 heteroatoms. The maximum atomic E-state index is 5.93. The number of aryl methyl sites for hydroxylation is 1. The number of benzene rings is 2. The standard InChI is InChI=1S/C22H20ClN5/c1-15-14-20(27-19-6-2-4-17-5-3-12-24-21(17)19)28-22(26-15)25-13-11-16-7-9-18(23)10-8-16/h2-10,12,14H,11,13H2,1H3,(H2,25,26,27,28). The Morgan fingerprint density at radius 2 is 1.79 bits per heavy atom. The van der Waals surface area contributed by atoms with Crippen LogP contribution in [0.3, 0.4) is 0 Å². The number of fused-ring (bicyclic) bond motifs is 1. The quantitative estimate of drug-likeness (QED) is 0.463. The third-order valence-corrected chi connectivity index (χ3v) is 4.61. The normalized spacial score (nSPS) is 10.8. The fourth-order valence-corrected chi connectivity index (χ4v) is 3.15. The summed E-state index contributed by atoms with van der Waals surface area (Å²) >= 11 is 5.93. The molecule has 0 aliphatic rings. The Labute approximate surface area is 168 Å². The highest BCUT2D eigenvalue weighted by atomic mass is 35.5. The van der Waals surface area contributed by atoms with Crippen LogP contribution in [0.25, 0.3) is 10.9 Å². The van der Waals surface area contributed by atoms with E-state index in [1.807, 2.05) is 67.6 Å². The van der Waals surface area contributed by atoms with E-state index >= 15 is 0 Å². The van der Waals surface area contributed by atoms with Crippen LogP contribution in [-0.2, 0) is 6.42 Å². The smallest absolute Gasteiger partial charge is 0.224 e. The number of pyridine rings is 1. The third-order valence-electron chi connectivity index (χ3n) is 4.36. The van der Waals surface area contributed by atoms with Crippen molar-refractivity contribution in [3.8, 4) is 0 Å². The summed E-state index contributed by atoms with van der Waals surface area (Å²) in [5.74, 6) is 1.34. The Bertz CT molecular complexity index is 1090. The number of halogens is 1. The number of para-hydroxylation sites is 1. The summed E-state index contributed by atoms with van der Waals surface area (Å²) in [6.45, 7) is 2.69. The number of aromatic nitrogens is 3. The van der Waals surface area contributed by atoms with Crippen LogP contribution in [-0.4, -0.2) is 21.5 Å². The molecule has 0 bridgehead atoms. The molecule has 0 unspecified atom stereocenters. The lowest BCUT2D eigenvalue weighted by atomic mass is 10.1. The number of anilines is 3. The molecule has 0 atom stereocenters. The lowest BCUT2D eigenvalue weighted by Gasteiger charge is -2.11. The van der Waals surface area contributed by atoms with Crippen LogP contribution in [0.5, 0.6) is 0 Å². The number of hydrogen-bond donors (Lipinski definition) is 2. The molecule has 0 fully saturated rings. The second-order valence-corrected chi connectivity index (χ2v) is 6.96. The van der Waals surface area contributed by atoms with Gasteiger partial charge in [0.15, 0.2) is 0 Å². The summed E-state index contributed by atoms with van der Waals surface area (Å²) in [4.78, 5) is 13.6. The van der Waals surface area contributed by atoms with Crippen LogP contribution in [0.15, 0.2) is 66.9 Å². The Balaban J connectivity index is 1.48. The third kappa shape index (κ3) is 4.38. The largest absolute Gasteiger partial charge is 0.354 e. The van der Waals surface area contributed by atoms with Gasteiger partial charge in [-0.3, -0.25) is 4.98 Å². The van der Waals surface area contributed by atoms with Crippen LogP contribution in [0.4, 0.5) is 17.5 Å². The molecular formula is C22H20ClN5. The molecule has 2 heterocycles. The highest BCUT2D eigenvalue weighted by Crippen LogP contribution is 2.24. The minimum absolute atomic E-state index is 0.602. The van der Waals surface area contributed by atoms with Crippen molar-refractivity contribution >= 4 is 40.0 Å². The molecule has 0 saturated carbocycles. The number of hydrogen-bond acceptors (Lipinski definition) is 5. The van der Waals surface area contributed by atoms with E-state index in [9.17, 15) is 0 Å². The molecule has 0 aliphatic heterocycles. The minimum Gasteiger partial charge on any atom is -0.354 e. The molecule has 2 N–H and O–H groups in total. The van der Waals surface area contributed by atoms with Crippen LogP contribution >= 0.6 is 11.6 Å². The lowest BCUT2D eigenvalue weighted by Crippen LogP contribution is -2.09. The second-order valence-electron chi connectivity index (χ2n) is 6.53. The second kappa shape index (κ2) is 8.23. The van der Waals surface area contributed by atoms with Crippen molar-refractivity contribution < 1.29 is 0 Å². The zero-order valence-electron chi connectivity index (χ0n) is 15.5. The summed E-state index contributed by atoms with van der Waals surface area (Å²) in [7, 11) is 0. The maximum Gasteiger partial charge on any atom is 0.224 e. The topological polar surface area (TPSA) is 62.7 Å². The molecule has 5 nitrogen and oxygen atoms in total. The molecular weight excluding hydrogens is 370 g/mol. The molecule has 4 aromatic rings. The van der Waals surface area contributed by atoms with Crippen molar-refractivity contribution in [1.82, 2.24) is 15.0 Å². The highest BCUT2D eigenvalue weighted by molar-refractivity contribution is 6.30. The van der Waals surface area contributed by atoms with E-state index in [1.165, 1.54) is 5.56 Å². The van der Waals surface area contributed by atoms with Crippen molar-refractivity contribution in [1.29, 1.82) is 0 Å². The number of nitrogens with one attached hydrogen (secondary N) is 2. The van der Waals surface area contributed by atoms with Gasteiger partial charge in [-0.05, 0) is 43.2 Å². The zero-order valence-corrected chi connectivity index (χ0v) is 16.2. The minimum atomic E-state index is 0.602. The van der Waals surface area contributed by atoms with Gasteiger partial charge < -0.3 is 10.6 Å².